The molecule has 4 nitrogen and oxygen atoms in total. The van der Waals surface area contributed by atoms with Gasteiger partial charge in [-0.1, -0.05) is 38.3 Å². The van der Waals surface area contributed by atoms with Gasteiger partial charge in [-0.15, -0.1) is 0 Å². The lowest BCUT2D eigenvalue weighted by atomic mass is 9.87. The summed E-state index contributed by atoms with van der Waals surface area (Å²) in [5, 5.41) is 0.124. The number of aromatic nitrogens is 1. The van der Waals surface area contributed by atoms with Crippen molar-refractivity contribution in [2.24, 2.45) is 0 Å². The summed E-state index contributed by atoms with van der Waals surface area (Å²) in [6.07, 6.45) is -8.99. The second-order valence-electron chi connectivity index (χ2n) is 7.27. The van der Waals surface area contributed by atoms with E-state index in [1.807, 2.05) is 0 Å². The Morgan fingerprint density at radius 1 is 0.909 bits per heavy atom. The first-order chi connectivity index (χ1) is 15.4. The van der Waals surface area contributed by atoms with Crippen molar-refractivity contribution in [3.63, 3.8) is 0 Å². The highest BCUT2D eigenvalue weighted by atomic mass is 35.5. The molecule has 2 rings (SSSR count). The number of hydrogen-bond acceptors (Lipinski definition) is 4. The third kappa shape index (κ3) is 5.91. The third-order valence-corrected chi connectivity index (χ3v) is 5.00. The summed E-state index contributed by atoms with van der Waals surface area (Å²) in [5.74, 6) is 0.445. The van der Waals surface area contributed by atoms with E-state index in [4.69, 9.17) is 16.3 Å². The molecule has 2 aromatic rings. The summed E-state index contributed by atoms with van der Waals surface area (Å²) >= 11 is 5.88. The monoisotopic (exact) mass is 499 g/mol. The molecule has 184 valence electrons. The second-order valence-corrected chi connectivity index (χ2v) is 7.65. The SMILES string of the molecule is CCCc1cc(C(OCOC)(C(F)(F)F)C(F)(F)F)cc(CCC)c1Oc1ccnc(Cl)c1. The van der Waals surface area contributed by atoms with Crippen molar-refractivity contribution in [3.05, 3.63) is 52.3 Å². The van der Waals surface area contributed by atoms with Crippen LogP contribution in [-0.4, -0.2) is 31.2 Å². The van der Waals surface area contributed by atoms with Crippen molar-refractivity contribution in [1.82, 2.24) is 4.98 Å². The van der Waals surface area contributed by atoms with Gasteiger partial charge in [0.25, 0.3) is 5.60 Å². The summed E-state index contributed by atoms with van der Waals surface area (Å²) < 4.78 is 99.0. The molecule has 0 amide bonds. The number of nitrogens with zero attached hydrogens (tertiary/aromatic N) is 1. The summed E-state index contributed by atoms with van der Waals surface area (Å²) in [5.41, 5.74) is -5.28. The van der Waals surface area contributed by atoms with Crippen LogP contribution in [0.2, 0.25) is 5.15 Å². The van der Waals surface area contributed by atoms with Crippen LogP contribution in [0.5, 0.6) is 11.5 Å². The number of ether oxygens (including phenoxy) is 3. The fourth-order valence-corrected chi connectivity index (χ4v) is 3.61. The zero-order chi connectivity index (χ0) is 24.9. The second kappa shape index (κ2) is 10.9. The molecule has 1 aromatic heterocycles. The molecule has 1 aromatic carbocycles. The van der Waals surface area contributed by atoms with Crippen molar-refractivity contribution in [3.8, 4) is 11.5 Å². The molecule has 0 aliphatic rings. The normalized spacial score (nSPS) is 12.8. The van der Waals surface area contributed by atoms with Gasteiger partial charge in [-0.25, -0.2) is 4.98 Å². The van der Waals surface area contributed by atoms with Crippen LogP contribution in [0, 0.1) is 0 Å². The Balaban J connectivity index is 2.81. The fourth-order valence-electron chi connectivity index (χ4n) is 3.45. The Morgan fingerprint density at radius 3 is 1.88 bits per heavy atom. The van der Waals surface area contributed by atoms with Gasteiger partial charge >= 0.3 is 12.4 Å². The van der Waals surface area contributed by atoms with E-state index >= 15 is 0 Å². The van der Waals surface area contributed by atoms with Gasteiger partial charge < -0.3 is 14.2 Å². The third-order valence-electron chi connectivity index (χ3n) is 4.80. The number of alkyl halides is 6. The standard InChI is InChI=1S/C22H24ClF6NO3/c1-4-6-14-10-16(20(21(24,25)26,22(27,28)29)32-13-31-3)11-15(7-5-2)19(14)33-17-8-9-30-18(23)12-17/h8-12H,4-7,13H2,1-3H3. The molecule has 0 saturated heterocycles. The topological polar surface area (TPSA) is 40.6 Å². The number of benzene rings is 1. The van der Waals surface area contributed by atoms with Crippen LogP contribution in [0.1, 0.15) is 43.4 Å². The minimum atomic E-state index is -5.81. The smallest absolute Gasteiger partial charge is 0.430 e. The van der Waals surface area contributed by atoms with Gasteiger partial charge in [0.1, 0.15) is 23.4 Å². The Bertz CT molecular complexity index is 892. The highest BCUT2D eigenvalue weighted by Gasteiger charge is 2.73. The van der Waals surface area contributed by atoms with Gasteiger partial charge in [0.2, 0.25) is 0 Å². The highest BCUT2D eigenvalue weighted by Crippen LogP contribution is 2.54. The van der Waals surface area contributed by atoms with Crippen molar-refractivity contribution in [2.45, 2.75) is 57.5 Å². The van der Waals surface area contributed by atoms with Crippen molar-refractivity contribution < 1.29 is 40.6 Å². The van der Waals surface area contributed by atoms with Crippen LogP contribution in [0.4, 0.5) is 26.3 Å². The Morgan fingerprint density at radius 2 is 1.45 bits per heavy atom. The first-order valence-corrected chi connectivity index (χ1v) is 10.5. The minimum Gasteiger partial charge on any atom is -0.457 e. The molecule has 0 saturated carbocycles. The number of halogens is 7. The van der Waals surface area contributed by atoms with E-state index in [0.29, 0.717) is 12.8 Å². The maximum absolute atomic E-state index is 14.1. The van der Waals surface area contributed by atoms with Crippen molar-refractivity contribution >= 4 is 11.6 Å². The summed E-state index contributed by atoms with van der Waals surface area (Å²) in [7, 11) is 0.944. The molecule has 0 bridgehead atoms. The fraction of sp³-hybridized carbons (Fsp3) is 0.500. The van der Waals surface area contributed by atoms with Gasteiger partial charge in [0.05, 0.1) is 0 Å². The highest BCUT2D eigenvalue weighted by molar-refractivity contribution is 6.29. The van der Waals surface area contributed by atoms with E-state index < -0.39 is 30.3 Å². The lowest BCUT2D eigenvalue weighted by Crippen LogP contribution is -2.56. The predicted octanol–water partition coefficient (Wildman–Crippen LogP) is 7.37. The molecular weight excluding hydrogens is 476 g/mol. The van der Waals surface area contributed by atoms with Crippen LogP contribution >= 0.6 is 11.6 Å². The van der Waals surface area contributed by atoms with Gasteiger partial charge in [0.15, 0.2) is 0 Å². The van der Waals surface area contributed by atoms with Crippen molar-refractivity contribution in [2.75, 3.05) is 13.9 Å². The largest absolute Gasteiger partial charge is 0.457 e. The average molecular weight is 500 g/mol. The lowest BCUT2D eigenvalue weighted by Gasteiger charge is -2.37. The minimum absolute atomic E-state index is 0.124. The number of rotatable bonds is 10. The molecule has 0 atom stereocenters. The Kier molecular flexibility index (Phi) is 9.01. The zero-order valence-corrected chi connectivity index (χ0v) is 19.0. The van der Waals surface area contributed by atoms with Crippen LogP contribution in [0.25, 0.3) is 0 Å². The van der Waals surface area contributed by atoms with Crippen LogP contribution < -0.4 is 4.74 Å². The van der Waals surface area contributed by atoms with Gasteiger partial charge in [-0.05, 0) is 42.2 Å². The Labute approximate surface area is 192 Å². The molecule has 0 spiro atoms. The van der Waals surface area contributed by atoms with E-state index in [2.05, 4.69) is 14.5 Å². The number of hydrogen-bond donors (Lipinski definition) is 0. The molecule has 0 fully saturated rings. The van der Waals surface area contributed by atoms with E-state index in [1.165, 1.54) is 18.3 Å². The molecule has 11 heteroatoms. The quantitative estimate of drug-likeness (QED) is 0.194. The summed E-state index contributed by atoms with van der Waals surface area (Å²) in [6, 6.07) is 4.58. The maximum Gasteiger partial charge on any atom is 0.430 e. The molecule has 1 heterocycles. The molecule has 0 aliphatic heterocycles. The van der Waals surface area contributed by atoms with Gasteiger partial charge in [0, 0.05) is 24.9 Å². The molecule has 0 aliphatic carbocycles. The maximum atomic E-state index is 14.1. The van der Waals surface area contributed by atoms with Gasteiger partial charge in [-0.3, -0.25) is 0 Å². The van der Waals surface area contributed by atoms with E-state index in [9.17, 15) is 26.3 Å². The first kappa shape index (κ1) is 27.2. The molecule has 0 radical (unpaired) electrons. The van der Waals surface area contributed by atoms with Gasteiger partial charge in [-0.2, -0.15) is 26.3 Å². The Hall–Kier alpha value is -2.04. The zero-order valence-electron chi connectivity index (χ0n) is 18.2. The molecule has 0 unspecified atom stereocenters. The summed E-state index contributed by atoms with van der Waals surface area (Å²) in [4.78, 5) is 3.84. The van der Waals surface area contributed by atoms with E-state index in [1.54, 1.807) is 13.8 Å². The predicted molar refractivity (Wildman–Crippen MR) is 111 cm³/mol. The van der Waals surface area contributed by atoms with Crippen LogP contribution in [0.15, 0.2) is 30.5 Å². The number of aryl methyl sites for hydroxylation is 2. The van der Waals surface area contributed by atoms with Crippen LogP contribution in [-0.2, 0) is 27.9 Å². The molecule has 0 N–H and O–H groups in total. The number of methoxy groups -OCH3 is 1. The summed E-state index contributed by atoms with van der Waals surface area (Å²) in [6.45, 7) is 2.29. The van der Waals surface area contributed by atoms with E-state index in [-0.39, 0.29) is 40.6 Å². The van der Waals surface area contributed by atoms with E-state index in [0.717, 1.165) is 19.2 Å². The van der Waals surface area contributed by atoms with Crippen molar-refractivity contribution in [1.29, 1.82) is 0 Å². The van der Waals surface area contributed by atoms with Crippen LogP contribution in [0.3, 0.4) is 0 Å². The molecular formula is C22H24ClF6NO3. The number of pyridine rings is 1. The average Bonchev–Trinajstić information content (AvgIpc) is 2.69. The molecule has 33 heavy (non-hydrogen) atoms. The lowest BCUT2D eigenvalue weighted by molar-refractivity contribution is -0.400. The first-order valence-electron chi connectivity index (χ1n) is 10.1.